The van der Waals surface area contributed by atoms with Crippen molar-refractivity contribution in [3.63, 3.8) is 0 Å². The Kier molecular flexibility index (Phi) is 2.72. The van der Waals surface area contributed by atoms with Crippen LogP contribution in [0.3, 0.4) is 0 Å². The average molecular weight is 256 g/mol. The maximum Gasteiger partial charge on any atom is 0.143 e. The van der Waals surface area contributed by atoms with E-state index in [1.165, 1.54) is 5.56 Å². The molecule has 3 heterocycles. The summed E-state index contributed by atoms with van der Waals surface area (Å²) in [5.74, 6) is 0.801. The van der Waals surface area contributed by atoms with Crippen LogP contribution in [-0.2, 0) is 0 Å². The highest BCUT2D eigenvalue weighted by Gasteiger charge is 2.18. The van der Waals surface area contributed by atoms with Crippen LogP contribution in [0.1, 0.15) is 11.3 Å². The molecule has 0 aliphatic rings. The quantitative estimate of drug-likeness (QED) is 0.693. The largest absolute Gasteiger partial charge is 0.360 e. The van der Waals surface area contributed by atoms with Crippen molar-refractivity contribution in [3.05, 3.63) is 47.2 Å². The van der Waals surface area contributed by atoms with Gasteiger partial charge in [-0.25, -0.2) is 0 Å². The summed E-state index contributed by atoms with van der Waals surface area (Å²) in [5.41, 5.74) is 4.00. The first-order valence-corrected chi connectivity index (χ1v) is 6.57. The van der Waals surface area contributed by atoms with Crippen molar-refractivity contribution in [1.29, 1.82) is 0 Å². The van der Waals surface area contributed by atoms with Gasteiger partial charge in [0.2, 0.25) is 0 Å². The standard InChI is InChI=1S/C14H12N2OS/c1-9-7-12(18-8-9)14-13(10(2)17-16-14)11-5-3-4-6-15-11/h3-8H,1-2H3. The van der Waals surface area contributed by atoms with Crippen molar-refractivity contribution >= 4 is 11.3 Å². The van der Waals surface area contributed by atoms with Crippen LogP contribution in [0.2, 0.25) is 0 Å². The summed E-state index contributed by atoms with van der Waals surface area (Å²) in [6, 6.07) is 7.97. The molecule has 0 aliphatic heterocycles. The van der Waals surface area contributed by atoms with Gasteiger partial charge in [0.15, 0.2) is 0 Å². The molecule has 3 rings (SSSR count). The molecule has 0 radical (unpaired) electrons. The van der Waals surface area contributed by atoms with Crippen LogP contribution in [0.5, 0.6) is 0 Å². The Labute approximate surface area is 109 Å². The van der Waals surface area contributed by atoms with Gasteiger partial charge in [0.05, 0.1) is 16.1 Å². The second-order valence-electron chi connectivity index (χ2n) is 4.17. The molecule has 0 aromatic carbocycles. The van der Waals surface area contributed by atoms with Gasteiger partial charge in [0, 0.05) is 6.20 Å². The monoisotopic (exact) mass is 256 g/mol. The van der Waals surface area contributed by atoms with Crippen molar-refractivity contribution in [3.8, 4) is 21.8 Å². The van der Waals surface area contributed by atoms with E-state index in [2.05, 4.69) is 28.5 Å². The Balaban J connectivity index is 2.18. The summed E-state index contributed by atoms with van der Waals surface area (Å²) in [5, 5.41) is 6.28. The number of pyridine rings is 1. The highest BCUT2D eigenvalue weighted by Crippen LogP contribution is 2.35. The number of nitrogens with zero attached hydrogens (tertiary/aromatic N) is 2. The molecule has 0 saturated carbocycles. The van der Waals surface area contributed by atoms with Crippen molar-refractivity contribution in [2.24, 2.45) is 0 Å². The molecule has 0 spiro atoms. The second kappa shape index (κ2) is 4.38. The molecule has 0 fully saturated rings. The lowest BCUT2D eigenvalue weighted by Crippen LogP contribution is -1.85. The van der Waals surface area contributed by atoms with E-state index in [0.29, 0.717) is 0 Å². The van der Waals surface area contributed by atoms with E-state index in [-0.39, 0.29) is 0 Å². The van der Waals surface area contributed by atoms with Crippen LogP contribution in [0.4, 0.5) is 0 Å². The zero-order chi connectivity index (χ0) is 12.5. The molecule has 4 heteroatoms. The summed E-state index contributed by atoms with van der Waals surface area (Å²) in [7, 11) is 0. The lowest BCUT2D eigenvalue weighted by molar-refractivity contribution is 0.400. The maximum atomic E-state index is 5.33. The topological polar surface area (TPSA) is 38.9 Å². The van der Waals surface area contributed by atoms with Crippen LogP contribution in [0, 0.1) is 13.8 Å². The fraction of sp³-hybridized carbons (Fsp3) is 0.143. The number of hydrogen-bond donors (Lipinski definition) is 0. The van der Waals surface area contributed by atoms with Gasteiger partial charge < -0.3 is 4.52 Å². The van der Waals surface area contributed by atoms with Gasteiger partial charge in [0.25, 0.3) is 0 Å². The van der Waals surface area contributed by atoms with Crippen molar-refractivity contribution in [2.45, 2.75) is 13.8 Å². The number of aromatic nitrogens is 2. The van der Waals surface area contributed by atoms with Crippen LogP contribution < -0.4 is 0 Å². The number of hydrogen-bond acceptors (Lipinski definition) is 4. The number of aryl methyl sites for hydroxylation is 2. The Morgan fingerprint density at radius 3 is 2.78 bits per heavy atom. The Hall–Kier alpha value is -1.94. The van der Waals surface area contributed by atoms with E-state index >= 15 is 0 Å². The maximum absolute atomic E-state index is 5.33. The zero-order valence-electron chi connectivity index (χ0n) is 10.2. The lowest BCUT2D eigenvalue weighted by atomic mass is 10.1. The molecule has 0 aliphatic carbocycles. The van der Waals surface area contributed by atoms with Crippen molar-refractivity contribution < 1.29 is 4.52 Å². The summed E-state index contributed by atoms with van der Waals surface area (Å²) < 4.78 is 5.33. The highest BCUT2D eigenvalue weighted by molar-refractivity contribution is 7.13. The van der Waals surface area contributed by atoms with Gasteiger partial charge in [-0.2, -0.15) is 0 Å². The zero-order valence-corrected chi connectivity index (χ0v) is 11.0. The van der Waals surface area contributed by atoms with E-state index in [1.807, 2.05) is 25.1 Å². The van der Waals surface area contributed by atoms with Crippen LogP contribution in [0.25, 0.3) is 21.8 Å². The van der Waals surface area contributed by atoms with Crippen LogP contribution in [-0.4, -0.2) is 10.1 Å². The van der Waals surface area contributed by atoms with E-state index in [9.17, 15) is 0 Å². The third-order valence-corrected chi connectivity index (χ3v) is 3.80. The molecule has 3 nitrogen and oxygen atoms in total. The minimum atomic E-state index is 0.801. The third kappa shape index (κ3) is 1.84. The van der Waals surface area contributed by atoms with Gasteiger partial charge in [-0.15, -0.1) is 11.3 Å². The Morgan fingerprint density at radius 1 is 1.22 bits per heavy atom. The van der Waals surface area contributed by atoms with Gasteiger partial charge in [0.1, 0.15) is 11.5 Å². The normalized spacial score (nSPS) is 10.8. The first kappa shape index (κ1) is 11.2. The molecule has 0 saturated heterocycles. The lowest BCUT2D eigenvalue weighted by Gasteiger charge is -1.99. The van der Waals surface area contributed by atoms with Gasteiger partial charge in [-0.1, -0.05) is 11.2 Å². The molecular weight excluding hydrogens is 244 g/mol. The van der Waals surface area contributed by atoms with E-state index in [1.54, 1.807) is 17.5 Å². The summed E-state index contributed by atoms with van der Waals surface area (Å²) in [4.78, 5) is 5.50. The Bertz CT molecular complexity index is 670. The average Bonchev–Trinajstić information content (AvgIpc) is 2.96. The van der Waals surface area contributed by atoms with Gasteiger partial charge in [-0.3, -0.25) is 4.98 Å². The van der Waals surface area contributed by atoms with Crippen LogP contribution >= 0.6 is 11.3 Å². The molecule has 90 valence electrons. The molecule has 0 N–H and O–H groups in total. The fourth-order valence-corrected chi connectivity index (χ4v) is 2.79. The minimum absolute atomic E-state index is 0.801. The van der Waals surface area contributed by atoms with Crippen molar-refractivity contribution in [2.75, 3.05) is 0 Å². The van der Waals surface area contributed by atoms with Gasteiger partial charge in [-0.05, 0) is 43.0 Å². The molecule has 0 amide bonds. The predicted octanol–water partition coefficient (Wildman–Crippen LogP) is 4.08. The first-order chi connectivity index (χ1) is 8.75. The number of rotatable bonds is 2. The third-order valence-electron chi connectivity index (χ3n) is 2.75. The number of thiophene rings is 1. The summed E-state index contributed by atoms with van der Waals surface area (Å²) >= 11 is 1.67. The summed E-state index contributed by atoms with van der Waals surface area (Å²) in [6.07, 6.45) is 1.78. The van der Waals surface area contributed by atoms with E-state index in [0.717, 1.165) is 27.6 Å². The minimum Gasteiger partial charge on any atom is -0.360 e. The smallest absolute Gasteiger partial charge is 0.143 e. The molecule has 0 atom stereocenters. The Morgan fingerprint density at radius 2 is 2.11 bits per heavy atom. The van der Waals surface area contributed by atoms with Crippen LogP contribution in [0.15, 0.2) is 40.4 Å². The molecule has 3 aromatic heterocycles. The predicted molar refractivity (Wildman–Crippen MR) is 72.5 cm³/mol. The van der Waals surface area contributed by atoms with Gasteiger partial charge >= 0.3 is 0 Å². The SMILES string of the molecule is Cc1csc(-c2noc(C)c2-c2ccccn2)c1. The molecule has 3 aromatic rings. The molecule has 0 bridgehead atoms. The van der Waals surface area contributed by atoms with Crippen molar-refractivity contribution in [1.82, 2.24) is 10.1 Å². The first-order valence-electron chi connectivity index (χ1n) is 5.69. The molecule has 18 heavy (non-hydrogen) atoms. The highest BCUT2D eigenvalue weighted by atomic mass is 32.1. The van der Waals surface area contributed by atoms with E-state index < -0.39 is 0 Å². The van der Waals surface area contributed by atoms with E-state index in [4.69, 9.17) is 4.52 Å². The second-order valence-corrected chi connectivity index (χ2v) is 5.08. The fourth-order valence-electron chi connectivity index (χ4n) is 1.91. The summed E-state index contributed by atoms with van der Waals surface area (Å²) in [6.45, 7) is 3.99. The molecular formula is C14H12N2OS. The molecule has 0 unspecified atom stereocenters.